The molecule has 46 valence electrons. The molecule has 1 N–H and O–H groups in total. The second kappa shape index (κ2) is 2.48. The van der Waals surface area contributed by atoms with Crippen molar-refractivity contribution in [2.45, 2.75) is 6.82 Å². The Hall–Kier alpha value is -1.06. The summed E-state index contributed by atoms with van der Waals surface area (Å²) in [6.07, 6.45) is 3.23. The number of hydrogen-bond donors (Lipinski definition) is 1. The first-order chi connectivity index (χ1) is 4.33. The van der Waals surface area contributed by atoms with Gasteiger partial charge in [0.15, 0.2) is 7.28 Å². The van der Waals surface area contributed by atoms with Crippen molar-refractivity contribution in [3.8, 4) is 6.01 Å². The predicted octanol–water partition coefficient (Wildman–Crippen LogP) is -0.708. The number of rotatable bonds is 1. The molecular formula is C5H7BN2O. The fraction of sp³-hybridized carbons (Fsp3) is 0.200. The Labute approximate surface area is 54.0 Å². The summed E-state index contributed by atoms with van der Waals surface area (Å²) in [6, 6.07) is -0.160. The van der Waals surface area contributed by atoms with E-state index in [0.717, 1.165) is 12.7 Å². The van der Waals surface area contributed by atoms with Crippen LogP contribution in [0.1, 0.15) is 0 Å². The molecule has 1 aromatic heterocycles. The standard InChI is InChI=1S/C5H7BN2O/c1-6-4-2-7-5(9)8-3-4/h2-3,6H,1H3,(H,7,8,9). The third-order valence-electron chi connectivity index (χ3n) is 1.10. The van der Waals surface area contributed by atoms with Crippen molar-refractivity contribution >= 4 is 12.7 Å². The van der Waals surface area contributed by atoms with Gasteiger partial charge in [0.05, 0.1) is 0 Å². The maximum absolute atomic E-state index is 8.63. The van der Waals surface area contributed by atoms with Gasteiger partial charge in [0.1, 0.15) is 0 Å². The zero-order chi connectivity index (χ0) is 6.69. The quantitative estimate of drug-likeness (QED) is 0.500. The average Bonchev–Trinajstić information content (AvgIpc) is 1.90. The molecular weight excluding hydrogens is 115 g/mol. The fourth-order valence-electron chi connectivity index (χ4n) is 0.531. The van der Waals surface area contributed by atoms with Crippen LogP contribution in [0.5, 0.6) is 6.01 Å². The molecule has 0 aromatic carbocycles. The zero-order valence-electron chi connectivity index (χ0n) is 5.20. The van der Waals surface area contributed by atoms with Crippen LogP contribution < -0.4 is 5.46 Å². The molecule has 1 heterocycles. The highest BCUT2D eigenvalue weighted by molar-refractivity contribution is 6.51. The Kier molecular flexibility index (Phi) is 1.67. The molecule has 3 nitrogen and oxygen atoms in total. The lowest BCUT2D eigenvalue weighted by Gasteiger charge is -1.90. The summed E-state index contributed by atoms with van der Waals surface area (Å²) in [5.41, 5.74) is 1.04. The molecule has 0 saturated heterocycles. The minimum atomic E-state index is -0.160. The largest absolute Gasteiger partial charge is 0.479 e. The van der Waals surface area contributed by atoms with Crippen LogP contribution in [0.15, 0.2) is 12.4 Å². The highest BCUT2D eigenvalue weighted by Crippen LogP contribution is 1.88. The predicted molar refractivity (Wildman–Crippen MR) is 36.3 cm³/mol. The van der Waals surface area contributed by atoms with Crippen LogP contribution in [0.4, 0.5) is 0 Å². The van der Waals surface area contributed by atoms with Gasteiger partial charge in [0.25, 0.3) is 0 Å². The Morgan fingerprint density at radius 3 is 2.44 bits per heavy atom. The van der Waals surface area contributed by atoms with Crippen LogP contribution in [0.2, 0.25) is 6.82 Å². The van der Waals surface area contributed by atoms with Gasteiger partial charge in [-0.3, -0.25) is 0 Å². The first kappa shape index (κ1) is 6.07. The smallest absolute Gasteiger partial charge is 0.313 e. The summed E-state index contributed by atoms with van der Waals surface area (Å²) in [7, 11) is 0.903. The van der Waals surface area contributed by atoms with Crippen LogP contribution in [-0.4, -0.2) is 22.4 Å². The van der Waals surface area contributed by atoms with Gasteiger partial charge in [-0.1, -0.05) is 6.82 Å². The van der Waals surface area contributed by atoms with Crippen LogP contribution in [0.25, 0.3) is 0 Å². The van der Waals surface area contributed by atoms with Crippen molar-refractivity contribution in [3.05, 3.63) is 12.4 Å². The van der Waals surface area contributed by atoms with E-state index in [0.29, 0.717) is 0 Å². The van der Waals surface area contributed by atoms with E-state index in [1.165, 1.54) is 0 Å². The third-order valence-corrected chi connectivity index (χ3v) is 1.10. The van der Waals surface area contributed by atoms with Crippen molar-refractivity contribution in [2.75, 3.05) is 0 Å². The molecule has 9 heavy (non-hydrogen) atoms. The number of aromatic nitrogens is 2. The second-order valence-corrected chi connectivity index (χ2v) is 1.74. The average molecular weight is 122 g/mol. The Bertz CT molecular complexity index is 187. The van der Waals surface area contributed by atoms with E-state index >= 15 is 0 Å². The molecule has 0 unspecified atom stereocenters. The number of aromatic hydroxyl groups is 1. The number of nitrogens with zero attached hydrogens (tertiary/aromatic N) is 2. The van der Waals surface area contributed by atoms with Gasteiger partial charge < -0.3 is 5.11 Å². The third kappa shape index (κ3) is 1.42. The fourth-order valence-corrected chi connectivity index (χ4v) is 0.531. The highest BCUT2D eigenvalue weighted by Gasteiger charge is 1.90. The van der Waals surface area contributed by atoms with Crippen molar-refractivity contribution < 1.29 is 5.11 Å². The molecule has 0 saturated carbocycles. The summed E-state index contributed by atoms with van der Waals surface area (Å²) < 4.78 is 0. The maximum Gasteiger partial charge on any atom is 0.313 e. The van der Waals surface area contributed by atoms with Crippen molar-refractivity contribution in [1.29, 1.82) is 0 Å². The lowest BCUT2D eigenvalue weighted by molar-refractivity contribution is 0.431. The minimum Gasteiger partial charge on any atom is -0.479 e. The van der Waals surface area contributed by atoms with Gasteiger partial charge in [-0.2, -0.15) is 0 Å². The Balaban J connectivity index is 2.88. The first-order valence-electron chi connectivity index (χ1n) is 2.83. The van der Waals surface area contributed by atoms with Crippen molar-refractivity contribution in [2.24, 2.45) is 0 Å². The Morgan fingerprint density at radius 1 is 1.44 bits per heavy atom. The van der Waals surface area contributed by atoms with E-state index in [2.05, 4.69) is 9.97 Å². The molecule has 0 aliphatic carbocycles. The normalized spacial score (nSPS) is 9.00. The molecule has 4 heteroatoms. The van der Waals surface area contributed by atoms with Crippen LogP contribution >= 0.6 is 0 Å². The Morgan fingerprint density at radius 2 is 2.00 bits per heavy atom. The van der Waals surface area contributed by atoms with Crippen molar-refractivity contribution in [3.63, 3.8) is 0 Å². The molecule has 0 aliphatic heterocycles. The lowest BCUT2D eigenvalue weighted by Crippen LogP contribution is -2.11. The van der Waals surface area contributed by atoms with Gasteiger partial charge in [-0.25, -0.2) is 9.97 Å². The highest BCUT2D eigenvalue weighted by atomic mass is 16.3. The summed E-state index contributed by atoms with van der Waals surface area (Å²) >= 11 is 0. The molecule has 0 atom stereocenters. The molecule has 0 bridgehead atoms. The van der Waals surface area contributed by atoms with E-state index < -0.39 is 0 Å². The van der Waals surface area contributed by atoms with Crippen LogP contribution in [-0.2, 0) is 0 Å². The minimum absolute atomic E-state index is 0.160. The molecule has 0 spiro atoms. The van der Waals surface area contributed by atoms with E-state index in [4.69, 9.17) is 5.11 Å². The maximum atomic E-state index is 8.63. The molecule has 0 fully saturated rings. The summed E-state index contributed by atoms with van der Waals surface area (Å²) in [6.45, 7) is 2.01. The topological polar surface area (TPSA) is 46.0 Å². The van der Waals surface area contributed by atoms with E-state index in [1.807, 2.05) is 6.82 Å². The molecule has 0 radical (unpaired) electrons. The van der Waals surface area contributed by atoms with E-state index in [-0.39, 0.29) is 6.01 Å². The van der Waals surface area contributed by atoms with Gasteiger partial charge >= 0.3 is 6.01 Å². The summed E-state index contributed by atoms with van der Waals surface area (Å²) in [5, 5.41) is 8.63. The zero-order valence-corrected chi connectivity index (χ0v) is 5.20. The van der Waals surface area contributed by atoms with Gasteiger partial charge in [0.2, 0.25) is 0 Å². The van der Waals surface area contributed by atoms with E-state index in [9.17, 15) is 0 Å². The monoisotopic (exact) mass is 122 g/mol. The van der Waals surface area contributed by atoms with Gasteiger partial charge in [0, 0.05) is 12.4 Å². The van der Waals surface area contributed by atoms with Crippen LogP contribution in [0, 0.1) is 0 Å². The first-order valence-corrected chi connectivity index (χ1v) is 2.83. The number of hydrogen-bond acceptors (Lipinski definition) is 3. The molecule has 1 aromatic rings. The van der Waals surface area contributed by atoms with Gasteiger partial charge in [-0.15, -0.1) is 0 Å². The van der Waals surface area contributed by atoms with Crippen LogP contribution in [0.3, 0.4) is 0 Å². The molecule has 1 rings (SSSR count). The molecule has 0 aliphatic rings. The summed E-state index contributed by atoms with van der Waals surface area (Å²) in [4.78, 5) is 7.19. The van der Waals surface area contributed by atoms with Crippen molar-refractivity contribution in [1.82, 2.24) is 9.97 Å². The SMILES string of the molecule is CBc1cnc(O)nc1. The lowest BCUT2D eigenvalue weighted by atomic mass is 9.75. The van der Waals surface area contributed by atoms with E-state index in [1.54, 1.807) is 12.4 Å². The van der Waals surface area contributed by atoms with Gasteiger partial charge in [-0.05, 0) is 5.46 Å². The molecule has 0 amide bonds. The second-order valence-electron chi connectivity index (χ2n) is 1.74. The summed E-state index contributed by atoms with van der Waals surface area (Å²) in [5.74, 6) is 0.